The van der Waals surface area contributed by atoms with E-state index in [1.54, 1.807) is 48.5 Å². The van der Waals surface area contributed by atoms with Gasteiger partial charge in [0.15, 0.2) is 0 Å². The number of carboxylic acid groups (broad SMARTS) is 1. The molecule has 25 heavy (non-hydrogen) atoms. The number of aromatic carboxylic acids is 1. The van der Waals surface area contributed by atoms with Crippen molar-refractivity contribution in [2.75, 3.05) is 0 Å². The van der Waals surface area contributed by atoms with Gasteiger partial charge in [0.1, 0.15) is 0 Å². The summed E-state index contributed by atoms with van der Waals surface area (Å²) >= 11 is 1.28. The quantitative estimate of drug-likeness (QED) is 0.568. The van der Waals surface area contributed by atoms with Crippen LogP contribution >= 0.6 is 11.8 Å². The van der Waals surface area contributed by atoms with E-state index in [1.807, 2.05) is 0 Å². The number of hydrogen-bond acceptors (Lipinski definition) is 5. The van der Waals surface area contributed by atoms with Crippen molar-refractivity contribution >= 4 is 40.4 Å². The Balaban J connectivity index is 1.92. The summed E-state index contributed by atoms with van der Waals surface area (Å²) in [6.45, 7) is 0. The highest BCUT2D eigenvalue weighted by molar-refractivity contribution is 7.99. The van der Waals surface area contributed by atoms with Crippen LogP contribution in [0.4, 0.5) is 0 Å². The number of benzene rings is 3. The van der Waals surface area contributed by atoms with Gasteiger partial charge in [0.05, 0.1) is 16.7 Å². The lowest BCUT2D eigenvalue weighted by Gasteiger charge is -2.17. The molecule has 0 atom stereocenters. The first-order valence-corrected chi connectivity index (χ1v) is 8.20. The van der Waals surface area contributed by atoms with Crippen LogP contribution in [0.15, 0.2) is 64.4 Å². The summed E-state index contributed by atoms with van der Waals surface area (Å²) in [6.07, 6.45) is 0. The van der Waals surface area contributed by atoms with E-state index in [-0.39, 0.29) is 5.56 Å². The smallest absolute Gasteiger partial charge is 0.346 e. The van der Waals surface area contributed by atoms with Crippen molar-refractivity contribution in [2.45, 2.75) is 9.79 Å². The van der Waals surface area contributed by atoms with E-state index in [2.05, 4.69) is 0 Å². The Morgan fingerprint density at radius 3 is 2.32 bits per heavy atom. The van der Waals surface area contributed by atoms with Gasteiger partial charge in [0.2, 0.25) is 0 Å². The molecule has 0 saturated carbocycles. The SMILES string of the molecule is O=C(O)c1ccccc1Sc1ccc2c3c(cccc13)C(=O)OC2=O. The largest absolute Gasteiger partial charge is 0.478 e. The minimum absolute atomic E-state index is 0.198. The molecule has 1 heterocycles. The molecule has 122 valence electrons. The second-order valence-corrected chi connectivity index (χ2v) is 6.50. The summed E-state index contributed by atoms with van der Waals surface area (Å²) in [7, 11) is 0. The van der Waals surface area contributed by atoms with Crippen LogP contribution < -0.4 is 0 Å². The van der Waals surface area contributed by atoms with Gasteiger partial charge in [0, 0.05) is 15.2 Å². The lowest BCUT2D eigenvalue weighted by Crippen LogP contribution is -2.19. The standard InChI is InChI=1S/C19H10O5S/c20-17(21)11-4-1-2-7-14(11)25-15-9-8-13-16-10(15)5-3-6-12(16)18(22)24-19(13)23/h1-9H,(H,20,21). The topological polar surface area (TPSA) is 80.7 Å². The van der Waals surface area contributed by atoms with Crippen molar-refractivity contribution < 1.29 is 24.2 Å². The molecule has 1 N–H and O–H groups in total. The highest BCUT2D eigenvalue weighted by Gasteiger charge is 2.28. The van der Waals surface area contributed by atoms with Gasteiger partial charge in [0.25, 0.3) is 0 Å². The predicted octanol–water partition coefficient (Wildman–Crippen LogP) is 4.00. The van der Waals surface area contributed by atoms with Gasteiger partial charge in [-0.15, -0.1) is 0 Å². The van der Waals surface area contributed by atoms with Gasteiger partial charge in [-0.2, -0.15) is 0 Å². The number of ether oxygens (including phenoxy) is 1. The van der Waals surface area contributed by atoms with Crippen LogP contribution in [0.2, 0.25) is 0 Å². The molecule has 0 spiro atoms. The summed E-state index contributed by atoms with van der Waals surface area (Å²) in [4.78, 5) is 36.7. The first kappa shape index (κ1) is 15.4. The van der Waals surface area contributed by atoms with E-state index < -0.39 is 17.9 Å². The Morgan fingerprint density at radius 1 is 0.840 bits per heavy atom. The van der Waals surface area contributed by atoms with Crippen molar-refractivity contribution in [3.05, 3.63) is 71.3 Å². The van der Waals surface area contributed by atoms with Crippen molar-refractivity contribution in [1.29, 1.82) is 0 Å². The molecule has 0 fully saturated rings. The third-order valence-electron chi connectivity index (χ3n) is 3.96. The van der Waals surface area contributed by atoms with Gasteiger partial charge >= 0.3 is 17.9 Å². The molecule has 3 aromatic rings. The molecule has 0 bridgehead atoms. The minimum Gasteiger partial charge on any atom is -0.478 e. The number of rotatable bonds is 3. The normalized spacial score (nSPS) is 13.0. The fourth-order valence-electron chi connectivity index (χ4n) is 2.85. The molecular weight excluding hydrogens is 340 g/mol. The summed E-state index contributed by atoms with van der Waals surface area (Å²) in [5.41, 5.74) is 0.866. The van der Waals surface area contributed by atoms with Crippen LogP contribution in [-0.2, 0) is 4.74 Å². The molecule has 5 nitrogen and oxygen atoms in total. The van der Waals surface area contributed by atoms with Crippen molar-refractivity contribution in [1.82, 2.24) is 0 Å². The molecule has 6 heteroatoms. The average molecular weight is 350 g/mol. The molecule has 0 unspecified atom stereocenters. The summed E-state index contributed by atoms with van der Waals surface area (Å²) < 4.78 is 4.75. The third kappa shape index (κ3) is 2.47. The highest BCUT2D eigenvalue weighted by Crippen LogP contribution is 2.39. The zero-order valence-electron chi connectivity index (χ0n) is 12.7. The minimum atomic E-state index is -1.01. The van der Waals surface area contributed by atoms with Crippen LogP contribution in [0, 0.1) is 0 Å². The van der Waals surface area contributed by atoms with Crippen molar-refractivity contribution in [2.24, 2.45) is 0 Å². The van der Waals surface area contributed by atoms with Crippen molar-refractivity contribution in [3.63, 3.8) is 0 Å². The van der Waals surface area contributed by atoms with E-state index in [9.17, 15) is 19.5 Å². The van der Waals surface area contributed by atoms with E-state index in [0.717, 1.165) is 4.90 Å². The molecule has 0 aliphatic carbocycles. The Labute approximate surface area is 146 Å². The maximum absolute atomic E-state index is 12.0. The lowest BCUT2D eigenvalue weighted by molar-refractivity contribution is 0.0390. The van der Waals surface area contributed by atoms with E-state index in [0.29, 0.717) is 26.8 Å². The second kappa shape index (κ2) is 5.75. The Kier molecular flexibility index (Phi) is 3.54. The zero-order valence-corrected chi connectivity index (χ0v) is 13.5. The number of hydrogen-bond donors (Lipinski definition) is 1. The van der Waals surface area contributed by atoms with E-state index in [4.69, 9.17) is 4.74 Å². The van der Waals surface area contributed by atoms with E-state index in [1.165, 1.54) is 17.8 Å². The predicted molar refractivity (Wildman–Crippen MR) is 91.2 cm³/mol. The van der Waals surface area contributed by atoms with Gasteiger partial charge in [-0.3, -0.25) is 0 Å². The third-order valence-corrected chi connectivity index (χ3v) is 5.12. The number of esters is 2. The molecular formula is C19H10O5S. The Bertz CT molecular complexity index is 1050. The van der Waals surface area contributed by atoms with Crippen LogP contribution in [-0.4, -0.2) is 23.0 Å². The average Bonchev–Trinajstić information content (AvgIpc) is 2.60. The van der Waals surface area contributed by atoms with Gasteiger partial charge < -0.3 is 9.84 Å². The zero-order chi connectivity index (χ0) is 17.6. The molecule has 0 aromatic heterocycles. The summed E-state index contributed by atoms with van der Waals surface area (Å²) in [5, 5.41) is 10.6. The molecule has 1 aliphatic heterocycles. The fraction of sp³-hybridized carbons (Fsp3) is 0. The maximum Gasteiger partial charge on any atom is 0.346 e. The first-order chi connectivity index (χ1) is 12.1. The van der Waals surface area contributed by atoms with Crippen LogP contribution in [0.1, 0.15) is 31.1 Å². The molecule has 0 radical (unpaired) electrons. The number of carbonyl (C=O) groups is 3. The molecule has 0 saturated heterocycles. The summed E-state index contributed by atoms with van der Waals surface area (Å²) in [6, 6.07) is 15.2. The van der Waals surface area contributed by atoms with Gasteiger partial charge in [-0.1, -0.05) is 36.0 Å². The Hall–Kier alpha value is -3.12. The van der Waals surface area contributed by atoms with Gasteiger partial charge in [-0.25, -0.2) is 14.4 Å². The lowest BCUT2D eigenvalue weighted by atomic mass is 9.97. The highest BCUT2D eigenvalue weighted by atomic mass is 32.2. The number of carbonyl (C=O) groups excluding carboxylic acids is 2. The van der Waals surface area contributed by atoms with Crippen LogP contribution in [0.25, 0.3) is 10.8 Å². The monoisotopic (exact) mass is 350 g/mol. The van der Waals surface area contributed by atoms with E-state index >= 15 is 0 Å². The Morgan fingerprint density at radius 2 is 1.56 bits per heavy atom. The molecule has 4 rings (SSSR count). The number of carboxylic acids is 1. The second-order valence-electron chi connectivity index (χ2n) is 5.42. The molecule has 1 aliphatic rings. The summed E-state index contributed by atoms with van der Waals surface area (Å²) in [5.74, 6) is -2.35. The number of cyclic esters (lactones) is 2. The van der Waals surface area contributed by atoms with Crippen LogP contribution in [0.5, 0.6) is 0 Å². The maximum atomic E-state index is 12.0. The van der Waals surface area contributed by atoms with Gasteiger partial charge in [-0.05, 0) is 35.7 Å². The first-order valence-electron chi connectivity index (χ1n) is 7.38. The molecule has 3 aromatic carbocycles. The van der Waals surface area contributed by atoms with Crippen molar-refractivity contribution in [3.8, 4) is 0 Å². The molecule has 0 amide bonds. The fourth-order valence-corrected chi connectivity index (χ4v) is 3.92. The van der Waals surface area contributed by atoms with Crippen LogP contribution in [0.3, 0.4) is 0 Å².